The van der Waals surface area contributed by atoms with Crippen LogP contribution < -0.4 is 4.90 Å². The third-order valence-corrected chi connectivity index (χ3v) is 2.54. The molecule has 6 heteroatoms. The van der Waals surface area contributed by atoms with Gasteiger partial charge in [0.2, 0.25) is 0 Å². The van der Waals surface area contributed by atoms with Gasteiger partial charge in [-0.25, -0.2) is 0 Å². The molecule has 0 atom stereocenters. The predicted molar refractivity (Wildman–Crippen MR) is 68.6 cm³/mol. The van der Waals surface area contributed by atoms with Gasteiger partial charge in [-0.3, -0.25) is 4.79 Å². The van der Waals surface area contributed by atoms with Crippen molar-refractivity contribution < 1.29 is 15.0 Å². The molecule has 1 heterocycles. The fraction of sp³-hybridized carbons (Fsp3) is 0.500. The quantitative estimate of drug-likeness (QED) is 0.606. The molecule has 0 aliphatic heterocycles. The van der Waals surface area contributed by atoms with Crippen LogP contribution in [0.15, 0.2) is 18.2 Å². The van der Waals surface area contributed by atoms with Crippen molar-refractivity contribution in [2.75, 3.05) is 19.0 Å². The van der Waals surface area contributed by atoms with E-state index in [0.717, 1.165) is 10.4 Å². The number of carbonyl (C=O) groups excluding carboxylic acids is 1. The summed E-state index contributed by atoms with van der Waals surface area (Å²) in [6.07, 6.45) is -1.88. The topological polar surface area (TPSA) is 78.6 Å². The molecule has 1 aromatic rings. The Morgan fingerprint density at radius 2 is 2.00 bits per heavy atom. The molecule has 1 aromatic heterocycles. The van der Waals surface area contributed by atoms with Crippen molar-refractivity contribution in [1.82, 2.24) is 9.78 Å². The second-order valence-electron chi connectivity index (χ2n) is 4.59. The maximum atomic E-state index is 12.0. The first-order valence-corrected chi connectivity index (χ1v) is 5.62. The number of carbonyl (C=O) groups is 1. The average Bonchev–Trinajstić information content (AvgIpc) is 2.71. The minimum Gasteiger partial charge on any atom is -0.364 e. The van der Waals surface area contributed by atoms with E-state index < -0.39 is 12.2 Å². The van der Waals surface area contributed by atoms with Gasteiger partial charge >= 0.3 is 0 Å². The van der Waals surface area contributed by atoms with Crippen LogP contribution in [-0.4, -0.2) is 46.3 Å². The molecule has 0 radical (unpaired) electrons. The van der Waals surface area contributed by atoms with E-state index in [9.17, 15) is 4.79 Å². The fourth-order valence-electron chi connectivity index (χ4n) is 1.39. The lowest BCUT2D eigenvalue weighted by Gasteiger charge is -2.14. The van der Waals surface area contributed by atoms with E-state index >= 15 is 0 Å². The van der Waals surface area contributed by atoms with Gasteiger partial charge in [-0.2, -0.15) is 9.78 Å². The number of anilines is 1. The first-order valence-electron chi connectivity index (χ1n) is 5.62. The molecule has 18 heavy (non-hydrogen) atoms. The summed E-state index contributed by atoms with van der Waals surface area (Å²) in [4.78, 5) is 13.7. The highest BCUT2D eigenvalue weighted by atomic mass is 16.5. The number of aliphatic hydroxyl groups excluding tert-OH is 1. The monoisotopic (exact) mass is 253 g/mol. The highest BCUT2D eigenvalue weighted by molar-refractivity contribution is 5.96. The summed E-state index contributed by atoms with van der Waals surface area (Å²) >= 11 is 0. The highest BCUT2D eigenvalue weighted by Gasteiger charge is 2.22. The number of rotatable bonds is 4. The Labute approximate surface area is 106 Å². The Morgan fingerprint density at radius 3 is 2.39 bits per heavy atom. The van der Waals surface area contributed by atoms with Crippen LogP contribution in [0.25, 0.3) is 0 Å². The van der Waals surface area contributed by atoms with E-state index in [4.69, 9.17) is 10.2 Å². The number of aliphatic hydroxyl groups is 2. The Kier molecular flexibility index (Phi) is 4.26. The Morgan fingerprint density at radius 1 is 1.44 bits per heavy atom. The molecule has 0 amide bonds. The summed E-state index contributed by atoms with van der Waals surface area (Å²) in [5.74, 6) is 0.121. The number of nitrogens with zero attached hydrogens (tertiary/aromatic N) is 3. The van der Waals surface area contributed by atoms with Crippen LogP contribution in [0, 0.1) is 0 Å². The molecule has 0 fully saturated rings. The lowest BCUT2D eigenvalue weighted by Crippen LogP contribution is -2.26. The van der Waals surface area contributed by atoms with E-state index in [1.165, 1.54) is 0 Å². The molecule has 0 bridgehead atoms. The molecule has 0 saturated heterocycles. The second-order valence-corrected chi connectivity index (χ2v) is 4.59. The molecular formula is C12H19N3O3. The second kappa shape index (κ2) is 5.32. The summed E-state index contributed by atoms with van der Waals surface area (Å²) < 4.78 is 1.14. The molecule has 0 spiro atoms. The molecule has 0 unspecified atom stereocenters. The lowest BCUT2D eigenvalue weighted by atomic mass is 10.1. The van der Waals surface area contributed by atoms with Gasteiger partial charge in [0.15, 0.2) is 6.29 Å². The van der Waals surface area contributed by atoms with Gasteiger partial charge in [0.1, 0.15) is 5.82 Å². The van der Waals surface area contributed by atoms with Crippen molar-refractivity contribution in [3.63, 3.8) is 0 Å². The zero-order valence-electron chi connectivity index (χ0n) is 11.1. The largest absolute Gasteiger partial charge is 0.364 e. The minimum absolute atomic E-state index is 0.171. The molecule has 0 aliphatic rings. The van der Waals surface area contributed by atoms with Crippen molar-refractivity contribution >= 4 is 11.7 Å². The van der Waals surface area contributed by atoms with E-state index in [-0.39, 0.29) is 11.5 Å². The zero-order chi connectivity index (χ0) is 14.0. The molecule has 2 N–H and O–H groups in total. The average molecular weight is 253 g/mol. The van der Waals surface area contributed by atoms with Gasteiger partial charge in [0.05, 0.1) is 11.3 Å². The SMILES string of the molecule is C=C(C(=O)n1nc(C(C)C)cc1N(C)C)C(O)O. The van der Waals surface area contributed by atoms with E-state index in [0.29, 0.717) is 5.82 Å². The van der Waals surface area contributed by atoms with Gasteiger partial charge in [-0.05, 0) is 5.92 Å². The number of aromatic nitrogens is 2. The number of hydrogen-bond acceptors (Lipinski definition) is 5. The van der Waals surface area contributed by atoms with Gasteiger partial charge in [0, 0.05) is 20.2 Å². The van der Waals surface area contributed by atoms with Gasteiger partial charge in [-0.1, -0.05) is 20.4 Å². The van der Waals surface area contributed by atoms with E-state index in [1.807, 2.05) is 13.8 Å². The van der Waals surface area contributed by atoms with Crippen molar-refractivity contribution in [2.24, 2.45) is 0 Å². The molecule has 1 rings (SSSR count). The first-order chi connectivity index (χ1) is 8.25. The Hall–Kier alpha value is -1.66. The minimum atomic E-state index is -1.88. The molecule has 0 saturated carbocycles. The molecule has 0 aromatic carbocycles. The van der Waals surface area contributed by atoms with Crippen molar-refractivity contribution in [3.8, 4) is 0 Å². The standard InChI is InChI=1S/C12H19N3O3/c1-7(2)9-6-10(14(4)5)15(13-9)11(16)8(3)12(17)18/h6-7,12,17-18H,3H2,1-2,4-5H3. The molecule has 100 valence electrons. The van der Waals surface area contributed by atoms with Gasteiger partial charge in [-0.15, -0.1) is 0 Å². The Bertz CT molecular complexity index is 461. The van der Waals surface area contributed by atoms with Crippen LogP contribution >= 0.6 is 0 Å². The van der Waals surface area contributed by atoms with Crippen LogP contribution in [0.5, 0.6) is 0 Å². The summed E-state index contributed by atoms with van der Waals surface area (Å²) in [6, 6.07) is 1.79. The molecule has 6 nitrogen and oxygen atoms in total. The third kappa shape index (κ3) is 2.77. The van der Waals surface area contributed by atoms with E-state index in [1.54, 1.807) is 25.1 Å². The van der Waals surface area contributed by atoms with Crippen LogP contribution in [0.1, 0.15) is 30.3 Å². The Balaban J connectivity index is 3.22. The zero-order valence-corrected chi connectivity index (χ0v) is 11.1. The smallest absolute Gasteiger partial charge is 0.280 e. The summed E-state index contributed by atoms with van der Waals surface area (Å²) in [6.45, 7) is 7.29. The van der Waals surface area contributed by atoms with Crippen molar-refractivity contribution in [1.29, 1.82) is 0 Å². The summed E-state index contributed by atoms with van der Waals surface area (Å²) in [7, 11) is 3.56. The predicted octanol–water partition coefficient (Wildman–Crippen LogP) is 0.580. The third-order valence-electron chi connectivity index (χ3n) is 2.54. The maximum absolute atomic E-state index is 12.0. The maximum Gasteiger partial charge on any atom is 0.280 e. The van der Waals surface area contributed by atoms with Crippen LogP contribution in [-0.2, 0) is 0 Å². The van der Waals surface area contributed by atoms with Crippen LogP contribution in [0.2, 0.25) is 0 Å². The van der Waals surface area contributed by atoms with Gasteiger partial charge < -0.3 is 15.1 Å². The molecular weight excluding hydrogens is 234 g/mol. The highest BCUT2D eigenvalue weighted by Crippen LogP contribution is 2.21. The van der Waals surface area contributed by atoms with Gasteiger partial charge in [0.25, 0.3) is 5.91 Å². The fourth-order valence-corrected chi connectivity index (χ4v) is 1.39. The first kappa shape index (κ1) is 14.4. The van der Waals surface area contributed by atoms with Crippen LogP contribution in [0.4, 0.5) is 5.82 Å². The summed E-state index contributed by atoms with van der Waals surface area (Å²) in [5, 5.41) is 22.1. The number of hydrogen-bond donors (Lipinski definition) is 2. The summed E-state index contributed by atoms with van der Waals surface area (Å²) in [5.41, 5.74) is 0.448. The van der Waals surface area contributed by atoms with Crippen LogP contribution in [0.3, 0.4) is 0 Å². The van der Waals surface area contributed by atoms with Crippen molar-refractivity contribution in [2.45, 2.75) is 26.1 Å². The van der Waals surface area contributed by atoms with E-state index in [2.05, 4.69) is 11.7 Å². The van der Waals surface area contributed by atoms with Crippen molar-refractivity contribution in [3.05, 3.63) is 23.9 Å². The lowest BCUT2D eigenvalue weighted by molar-refractivity contribution is -0.00816. The normalized spacial score (nSPS) is 11.1. The molecule has 0 aliphatic carbocycles.